The molecule has 1 aliphatic heterocycles. The Bertz CT molecular complexity index is 594. The number of hydrogen-bond donors (Lipinski definition) is 0. The number of aromatic nitrogens is 1. The van der Waals surface area contributed by atoms with Crippen LogP contribution in [-0.2, 0) is 14.6 Å². The van der Waals surface area contributed by atoms with E-state index in [-0.39, 0.29) is 17.5 Å². The lowest BCUT2D eigenvalue weighted by Gasteiger charge is -2.32. The molecule has 0 bridgehead atoms. The first-order valence-corrected chi connectivity index (χ1v) is 8.50. The zero-order chi connectivity index (χ0) is 14.2. The summed E-state index contributed by atoms with van der Waals surface area (Å²) >= 11 is 1.39. The third kappa shape index (κ3) is 2.89. The van der Waals surface area contributed by atoms with Crippen molar-refractivity contribution in [1.82, 2.24) is 4.98 Å². The number of methoxy groups -OCH3 is 1. The molecular formula is C11H16N2O4S2. The number of rotatable bonds is 2. The van der Waals surface area contributed by atoms with Gasteiger partial charge in [0.2, 0.25) is 0 Å². The molecule has 0 spiro atoms. The average Bonchev–Trinajstić information content (AvgIpc) is 2.69. The van der Waals surface area contributed by atoms with Crippen molar-refractivity contribution in [3.05, 3.63) is 10.6 Å². The number of carbonyl (C=O) groups is 1. The molecule has 1 aromatic heterocycles. The SMILES string of the molecule is COC(=O)c1nc(N2CCS(=O)(=O)CC2C)sc1C. The molecular weight excluding hydrogens is 288 g/mol. The fourth-order valence-electron chi connectivity index (χ4n) is 2.07. The Kier molecular flexibility index (Phi) is 3.82. The van der Waals surface area contributed by atoms with Crippen LogP contribution >= 0.6 is 11.3 Å². The third-order valence-electron chi connectivity index (χ3n) is 3.08. The van der Waals surface area contributed by atoms with Crippen LogP contribution in [0.3, 0.4) is 0 Å². The minimum atomic E-state index is -2.95. The van der Waals surface area contributed by atoms with Crippen molar-refractivity contribution in [2.45, 2.75) is 19.9 Å². The standard InChI is InChI=1S/C11H16N2O4S2/c1-7-6-19(15,16)5-4-13(7)11-12-9(8(2)18-11)10(14)17-3/h7H,4-6H2,1-3H3. The molecule has 2 rings (SSSR count). The van der Waals surface area contributed by atoms with Gasteiger partial charge in [0.25, 0.3) is 0 Å². The number of hydrogen-bond acceptors (Lipinski definition) is 7. The molecule has 0 aromatic carbocycles. The van der Waals surface area contributed by atoms with Crippen LogP contribution in [0.15, 0.2) is 0 Å². The summed E-state index contributed by atoms with van der Waals surface area (Å²) in [6, 6.07) is -0.130. The molecule has 0 aliphatic carbocycles. The second-order valence-corrected chi connectivity index (χ2v) is 7.96. The molecule has 0 N–H and O–H groups in total. The van der Waals surface area contributed by atoms with E-state index in [1.807, 2.05) is 11.8 Å². The molecule has 1 aromatic rings. The molecule has 0 radical (unpaired) electrons. The normalized spacial score (nSPS) is 22.3. The number of esters is 1. The van der Waals surface area contributed by atoms with Crippen molar-refractivity contribution in [3.8, 4) is 0 Å². The highest BCUT2D eigenvalue weighted by Crippen LogP contribution is 2.29. The molecule has 6 nitrogen and oxygen atoms in total. The first-order chi connectivity index (χ1) is 8.84. The van der Waals surface area contributed by atoms with E-state index in [4.69, 9.17) is 0 Å². The molecule has 106 valence electrons. The summed E-state index contributed by atoms with van der Waals surface area (Å²) in [5, 5.41) is 0.681. The van der Waals surface area contributed by atoms with E-state index in [1.54, 1.807) is 6.92 Å². The van der Waals surface area contributed by atoms with Gasteiger partial charge in [-0.3, -0.25) is 0 Å². The highest BCUT2D eigenvalue weighted by Gasteiger charge is 2.30. The van der Waals surface area contributed by atoms with Crippen LogP contribution in [-0.4, -0.2) is 50.6 Å². The van der Waals surface area contributed by atoms with Gasteiger partial charge in [-0.15, -0.1) is 11.3 Å². The summed E-state index contributed by atoms with van der Waals surface area (Å²) < 4.78 is 27.8. The lowest BCUT2D eigenvalue weighted by molar-refractivity contribution is 0.0594. The van der Waals surface area contributed by atoms with Gasteiger partial charge in [-0.05, 0) is 13.8 Å². The Morgan fingerprint density at radius 1 is 1.53 bits per heavy atom. The van der Waals surface area contributed by atoms with E-state index >= 15 is 0 Å². The van der Waals surface area contributed by atoms with Gasteiger partial charge in [0, 0.05) is 17.5 Å². The van der Waals surface area contributed by atoms with Crippen molar-refractivity contribution in [3.63, 3.8) is 0 Å². The maximum Gasteiger partial charge on any atom is 0.357 e. The lowest BCUT2D eigenvalue weighted by atomic mass is 10.3. The molecule has 19 heavy (non-hydrogen) atoms. The Morgan fingerprint density at radius 3 is 2.79 bits per heavy atom. The summed E-state index contributed by atoms with van der Waals surface area (Å²) in [6.45, 7) is 4.07. The molecule has 2 heterocycles. The summed E-state index contributed by atoms with van der Waals surface area (Å²) in [7, 11) is -1.64. The highest BCUT2D eigenvalue weighted by atomic mass is 32.2. The number of nitrogens with zero attached hydrogens (tertiary/aromatic N) is 2. The maximum absolute atomic E-state index is 11.5. The van der Waals surface area contributed by atoms with Gasteiger partial charge in [0.15, 0.2) is 20.7 Å². The minimum Gasteiger partial charge on any atom is -0.464 e. The van der Waals surface area contributed by atoms with Crippen molar-refractivity contribution in [2.75, 3.05) is 30.1 Å². The fraction of sp³-hybridized carbons (Fsp3) is 0.636. The average molecular weight is 304 g/mol. The highest BCUT2D eigenvalue weighted by molar-refractivity contribution is 7.91. The topological polar surface area (TPSA) is 76.6 Å². The van der Waals surface area contributed by atoms with E-state index in [0.29, 0.717) is 17.4 Å². The summed E-state index contributed by atoms with van der Waals surface area (Å²) in [5.41, 5.74) is 0.308. The van der Waals surface area contributed by atoms with Gasteiger partial charge < -0.3 is 9.64 Å². The molecule has 1 fully saturated rings. The van der Waals surface area contributed by atoms with E-state index in [2.05, 4.69) is 9.72 Å². The van der Waals surface area contributed by atoms with Crippen molar-refractivity contribution in [2.24, 2.45) is 0 Å². The van der Waals surface area contributed by atoms with Gasteiger partial charge in [-0.25, -0.2) is 18.2 Å². The lowest BCUT2D eigenvalue weighted by Crippen LogP contribution is -2.47. The Morgan fingerprint density at radius 2 is 2.21 bits per heavy atom. The van der Waals surface area contributed by atoms with Crippen LogP contribution in [0.4, 0.5) is 5.13 Å². The molecule has 1 unspecified atom stereocenters. The third-order valence-corrected chi connectivity index (χ3v) is 5.88. The predicted molar refractivity (Wildman–Crippen MR) is 73.7 cm³/mol. The Hall–Kier alpha value is -1.15. The second-order valence-electron chi connectivity index (χ2n) is 4.55. The number of carbonyl (C=O) groups excluding carboxylic acids is 1. The summed E-state index contributed by atoms with van der Waals surface area (Å²) in [5.74, 6) is -0.208. The van der Waals surface area contributed by atoms with Crippen LogP contribution in [0.5, 0.6) is 0 Å². The number of anilines is 1. The summed E-state index contributed by atoms with van der Waals surface area (Å²) in [4.78, 5) is 18.5. The first-order valence-electron chi connectivity index (χ1n) is 5.87. The molecule has 1 saturated heterocycles. The van der Waals surface area contributed by atoms with E-state index < -0.39 is 15.8 Å². The van der Waals surface area contributed by atoms with Crippen LogP contribution in [0.25, 0.3) is 0 Å². The predicted octanol–water partition coefficient (Wildman–Crippen LogP) is 0.861. The number of aryl methyl sites for hydroxylation is 1. The zero-order valence-electron chi connectivity index (χ0n) is 11.0. The molecule has 1 atom stereocenters. The summed E-state index contributed by atoms with van der Waals surface area (Å²) in [6.07, 6.45) is 0. The van der Waals surface area contributed by atoms with E-state index in [0.717, 1.165) is 4.88 Å². The zero-order valence-corrected chi connectivity index (χ0v) is 12.7. The quantitative estimate of drug-likeness (QED) is 0.754. The van der Waals surface area contributed by atoms with Crippen molar-refractivity contribution < 1.29 is 17.9 Å². The molecule has 8 heteroatoms. The van der Waals surface area contributed by atoms with Crippen LogP contribution in [0.2, 0.25) is 0 Å². The van der Waals surface area contributed by atoms with Gasteiger partial charge in [-0.1, -0.05) is 0 Å². The minimum absolute atomic E-state index is 0.124. The number of sulfone groups is 1. The number of thiazole rings is 1. The van der Waals surface area contributed by atoms with E-state index in [1.165, 1.54) is 18.4 Å². The smallest absolute Gasteiger partial charge is 0.357 e. The van der Waals surface area contributed by atoms with Gasteiger partial charge in [-0.2, -0.15) is 0 Å². The molecule has 0 saturated carbocycles. The van der Waals surface area contributed by atoms with Crippen molar-refractivity contribution >= 4 is 32.3 Å². The first kappa shape index (κ1) is 14.3. The molecule has 1 aliphatic rings. The van der Waals surface area contributed by atoms with Crippen LogP contribution in [0.1, 0.15) is 22.3 Å². The van der Waals surface area contributed by atoms with Crippen LogP contribution < -0.4 is 4.90 Å². The van der Waals surface area contributed by atoms with Gasteiger partial charge in [0.1, 0.15) is 0 Å². The number of ether oxygens (including phenoxy) is 1. The van der Waals surface area contributed by atoms with Gasteiger partial charge >= 0.3 is 5.97 Å². The molecule has 0 amide bonds. The van der Waals surface area contributed by atoms with E-state index in [9.17, 15) is 13.2 Å². The fourth-order valence-corrected chi connectivity index (χ4v) is 4.66. The van der Waals surface area contributed by atoms with Crippen LogP contribution in [0, 0.1) is 6.92 Å². The second kappa shape index (κ2) is 5.09. The monoisotopic (exact) mass is 304 g/mol. The van der Waals surface area contributed by atoms with Crippen molar-refractivity contribution in [1.29, 1.82) is 0 Å². The maximum atomic E-state index is 11.5. The Balaban J connectivity index is 2.26. The largest absolute Gasteiger partial charge is 0.464 e. The van der Waals surface area contributed by atoms with Gasteiger partial charge in [0.05, 0.1) is 18.6 Å². The Labute approximate surface area is 116 Å².